The first kappa shape index (κ1) is 21.0. The second kappa shape index (κ2) is 7.80. The minimum atomic E-state index is 0.220. The van der Waals surface area contributed by atoms with E-state index in [0.717, 1.165) is 62.2 Å². The zero-order valence-corrected chi connectivity index (χ0v) is 19.3. The summed E-state index contributed by atoms with van der Waals surface area (Å²) in [5.74, 6) is 2.41. The third-order valence-corrected chi connectivity index (χ3v) is 6.62. The Kier molecular flexibility index (Phi) is 5.29. The Bertz CT molecular complexity index is 1230. The number of rotatable bonds is 4. The van der Waals surface area contributed by atoms with Gasteiger partial charge in [0.2, 0.25) is 0 Å². The monoisotopic (exact) mass is 420 g/mol. The Balaban J connectivity index is 2.18. The normalized spacial score (nSPS) is 15.8. The first-order valence-corrected chi connectivity index (χ1v) is 10.5. The van der Waals surface area contributed by atoms with E-state index in [-0.39, 0.29) is 5.75 Å². The van der Waals surface area contributed by atoms with Crippen LogP contribution in [0.3, 0.4) is 0 Å². The van der Waals surface area contributed by atoms with Gasteiger partial charge < -0.3 is 19.3 Å². The van der Waals surface area contributed by atoms with Gasteiger partial charge in [0.05, 0.1) is 32.3 Å². The topological polar surface area (TPSA) is 50.9 Å². The number of aryl methyl sites for hydroxylation is 1. The molecule has 1 heterocycles. The average Bonchev–Trinajstić information content (AvgIpc) is 2.76. The highest BCUT2D eigenvalue weighted by Gasteiger charge is 2.34. The Morgan fingerprint density at radius 2 is 1.58 bits per heavy atom. The van der Waals surface area contributed by atoms with Crippen molar-refractivity contribution in [3.05, 3.63) is 47.0 Å². The molecule has 162 valence electrons. The van der Waals surface area contributed by atoms with E-state index in [9.17, 15) is 5.11 Å². The number of methoxy groups -OCH3 is 3. The van der Waals surface area contributed by atoms with Crippen LogP contribution in [0.2, 0.25) is 0 Å². The lowest BCUT2D eigenvalue weighted by atomic mass is 9.82. The molecular weight excluding hydrogens is 390 g/mol. The van der Waals surface area contributed by atoms with Gasteiger partial charge in [0.15, 0.2) is 11.8 Å². The summed E-state index contributed by atoms with van der Waals surface area (Å²) in [6.45, 7) is 6.37. The molecule has 0 spiro atoms. The maximum absolute atomic E-state index is 11.2. The molecule has 0 bridgehead atoms. The van der Waals surface area contributed by atoms with Gasteiger partial charge in [0, 0.05) is 25.0 Å². The Labute approximate surface area is 183 Å². The number of phenols is 1. The van der Waals surface area contributed by atoms with Crippen LogP contribution in [0.1, 0.15) is 30.5 Å². The number of aromatic hydroxyl groups is 1. The second-order valence-electron chi connectivity index (χ2n) is 8.23. The highest BCUT2D eigenvalue weighted by atomic mass is 16.5. The molecule has 1 aliphatic heterocycles. The number of benzene rings is 3. The van der Waals surface area contributed by atoms with Gasteiger partial charge in [-0.25, -0.2) is 4.58 Å². The molecule has 4 rings (SSSR count). The first-order valence-electron chi connectivity index (χ1n) is 10.5. The molecule has 0 aromatic heterocycles. The Morgan fingerprint density at radius 3 is 2.23 bits per heavy atom. The van der Waals surface area contributed by atoms with Gasteiger partial charge >= 0.3 is 0 Å². The lowest BCUT2D eigenvalue weighted by molar-refractivity contribution is -0.535. The van der Waals surface area contributed by atoms with Gasteiger partial charge in [0.1, 0.15) is 30.0 Å². The van der Waals surface area contributed by atoms with Gasteiger partial charge in [-0.3, -0.25) is 0 Å². The van der Waals surface area contributed by atoms with E-state index in [1.165, 1.54) is 0 Å². The smallest absolute Gasteiger partial charge is 0.184 e. The molecular formula is C26H30NO4+. The Morgan fingerprint density at radius 1 is 0.903 bits per heavy atom. The van der Waals surface area contributed by atoms with E-state index in [2.05, 4.69) is 38.5 Å². The molecule has 0 fully saturated rings. The van der Waals surface area contributed by atoms with Crippen molar-refractivity contribution in [1.29, 1.82) is 0 Å². The number of nitrogens with zero attached hydrogens (tertiary/aromatic N) is 1. The van der Waals surface area contributed by atoms with Crippen molar-refractivity contribution in [3.63, 3.8) is 0 Å². The van der Waals surface area contributed by atoms with Gasteiger partial charge in [-0.15, -0.1) is 0 Å². The molecule has 0 radical (unpaired) electrons. The zero-order valence-electron chi connectivity index (χ0n) is 19.3. The van der Waals surface area contributed by atoms with Crippen LogP contribution in [0, 0.1) is 6.92 Å². The van der Waals surface area contributed by atoms with Crippen molar-refractivity contribution in [2.45, 2.75) is 33.2 Å². The van der Waals surface area contributed by atoms with Crippen molar-refractivity contribution < 1.29 is 23.9 Å². The molecule has 1 aliphatic rings. The highest BCUT2D eigenvalue weighted by molar-refractivity contribution is 6.09. The van der Waals surface area contributed by atoms with Crippen LogP contribution in [0.4, 0.5) is 0 Å². The largest absolute Gasteiger partial charge is 0.507 e. The van der Waals surface area contributed by atoms with Crippen LogP contribution in [0.15, 0.2) is 30.3 Å². The quantitative estimate of drug-likeness (QED) is 0.607. The number of likely N-dealkylation sites (N-methyl/N-ethyl adjacent to an activating group) is 1. The summed E-state index contributed by atoms with van der Waals surface area (Å²) in [6, 6.07) is 10.0. The number of ether oxygens (including phenoxy) is 3. The minimum Gasteiger partial charge on any atom is -0.507 e. The lowest BCUT2D eigenvalue weighted by Gasteiger charge is -2.26. The Hall–Kier alpha value is -3.21. The van der Waals surface area contributed by atoms with Crippen LogP contribution in [-0.2, 0) is 6.42 Å². The number of hydrogen-bond donors (Lipinski definition) is 1. The molecule has 5 nitrogen and oxygen atoms in total. The molecule has 3 aromatic rings. The first-order chi connectivity index (χ1) is 14.8. The number of fused-ring (bicyclic) bond motifs is 2. The molecule has 5 heteroatoms. The fraction of sp³-hybridized carbons (Fsp3) is 0.346. The third kappa shape index (κ3) is 3.11. The van der Waals surface area contributed by atoms with Crippen molar-refractivity contribution in [2.75, 3.05) is 28.4 Å². The number of hydrogen-bond acceptors (Lipinski definition) is 4. The van der Waals surface area contributed by atoms with Crippen molar-refractivity contribution in [2.24, 2.45) is 0 Å². The average molecular weight is 421 g/mol. The van der Waals surface area contributed by atoms with Crippen LogP contribution in [-0.4, -0.2) is 49.8 Å². The van der Waals surface area contributed by atoms with E-state index in [4.69, 9.17) is 14.2 Å². The summed E-state index contributed by atoms with van der Waals surface area (Å²) in [5.41, 5.74) is 6.19. The van der Waals surface area contributed by atoms with Crippen molar-refractivity contribution in [3.8, 4) is 34.1 Å². The van der Waals surface area contributed by atoms with E-state index in [0.29, 0.717) is 11.8 Å². The van der Waals surface area contributed by atoms with Crippen LogP contribution in [0.5, 0.6) is 23.0 Å². The third-order valence-electron chi connectivity index (χ3n) is 6.62. The molecule has 0 amide bonds. The summed E-state index contributed by atoms with van der Waals surface area (Å²) >= 11 is 0. The summed E-state index contributed by atoms with van der Waals surface area (Å²) in [7, 11) is 7.09. The minimum absolute atomic E-state index is 0.220. The van der Waals surface area contributed by atoms with Gasteiger partial charge in [-0.2, -0.15) is 0 Å². The maximum Gasteiger partial charge on any atom is 0.184 e. The predicted molar refractivity (Wildman–Crippen MR) is 125 cm³/mol. The molecule has 3 aromatic carbocycles. The van der Waals surface area contributed by atoms with E-state index < -0.39 is 0 Å². The molecule has 1 N–H and O–H groups in total. The van der Waals surface area contributed by atoms with Crippen molar-refractivity contribution >= 4 is 16.5 Å². The van der Waals surface area contributed by atoms with Gasteiger partial charge in [-0.1, -0.05) is 12.1 Å². The fourth-order valence-corrected chi connectivity index (χ4v) is 4.89. The molecule has 31 heavy (non-hydrogen) atoms. The van der Waals surface area contributed by atoms with Gasteiger partial charge in [0.25, 0.3) is 0 Å². The van der Waals surface area contributed by atoms with Crippen molar-refractivity contribution in [1.82, 2.24) is 0 Å². The highest BCUT2D eigenvalue weighted by Crippen LogP contribution is 2.48. The fourth-order valence-electron chi connectivity index (χ4n) is 4.89. The molecule has 0 saturated carbocycles. The SMILES string of the molecule is COc1cc(O)c(-c2c(C)cc(OC)c3c(OC)cccc23)c2c1C(C)=[N+](C)C(C)C2. The molecule has 1 unspecified atom stereocenters. The predicted octanol–water partition coefficient (Wildman–Crippen LogP) is 4.94. The van der Waals surface area contributed by atoms with E-state index in [1.807, 2.05) is 18.2 Å². The summed E-state index contributed by atoms with van der Waals surface area (Å²) < 4.78 is 19.3. The standard InChI is InChI=1S/C26H29NO4/c1-14-11-21(30-6)26-17(9-8-10-20(26)29-5)23(14)25-18-12-15(2)27(4)16(3)24(18)22(31-7)13-19(25)28/h8-11,13,15H,12H2,1-7H3/p+1. The summed E-state index contributed by atoms with van der Waals surface area (Å²) in [6.07, 6.45) is 0.806. The second-order valence-corrected chi connectivity index (χ2v) is 8.23. The van der Waals surface area contributed by atoms with Crippen LogP contribution in [0.25, 0.3) is 21.9 Å². The lowest BCUT2D eigenvalue weighted by Crippen LogP contribution is -2.33. The zero-order chi connectivity index (χ0) is 22.4. The summed E-state index contributed by atoms with van der Waals surface area (Å²) in [4.78, 5) is 0. The number of phenolic OH excluding ortho intramolecular Hbond substituents is 1. The molecule has 1 atom stereocenters. The maximum atomic E-state index is 11.2. The van der Waals surface area contributed by atoms with Crippen LogP contribution < -0.4 is 14.2 Å². The molecule has 0 saturated heterocycles. The van der Waals surface area contributed by atoms with E-state index >= 15 is 0 Å². The van der Waals surface area contributed by atoms with Gasteiger partial charge in [-0.05, 0) is 48.1 Å². The molecule has 0 aliphatic carbocycles. The van der Waals surface area contributed by atoms with E-state index in [1.54, 1.807) is 27.4 Å². The summed E-state index contributed by atoms with van der Waals surface area (Å²) in [5, 5.41) is 13.1. The van der Waals surface area contributed by atoms with Crippen LogP contribution >= 0.6 is 0 Å².